The second-order valence-electron chi connectivity index (χ2n) is 8.56. The van der Waals surface area contributed by atoms with Gasteiger partial charge in [0.15, 0.2) is 0 Å². The lowest BCUT2D eigenvalue weighted by molar-refractivity contribution is -0.141. The van der Waals surface area contributed by atoms with Crippen molar-refractivity contribution in [3.05, 3.63) is 54.3 Å². The first-order valence-corrected chi connectivity index (χ1v) is 11.8. The first-order valence-electron chi connectivity index (χ1n) is 11.8. The van der Waals surface area contributed by atoms with E-state index < -0.39 is 0 Å². The molecule has 0 N–H and O–H groups in total. The zero-order valence-electron chi connectivity index (χ0n) is 18.7. The molecule has 3 rings (SSSR count). The molecule has 31 heavy (non-hydrogen) atoms. The molecule has 1 fully saturated rings. The molecule has 0 heterocycles. The lowest BCUT2D eigenvalue weighted by Crippen LogP contribution is -2.29. The molecule has 0 spiro atoms. The Morgan fingerprint density at radius 3 is 2.06 bits per heavy atom. The largest absolute Gasteiger partial charge is 0.426 e. The summed E-state index contributed by atoms with van der Waals surface area (Å²) >= 11 is 0. The van der Waals surface area contributed by atoms with Gasteiger partial charge in [0.2, 0.25) is 0 Å². The molecule has 3 nitrogen and oxygen atoms in total. The standard InChI is InChI=1S/C27H35FO3/c1-2-3-4-5-6-7-20-30-25-16-12-23(13-17-25)27(29)31-26-18-10-22(11-19-26)21-8-14-24(28)15-9-21/h8-11,14-15,18-19,23,25H,2-7,12-13,16-17,20H2,1H3/t23-,25-. The van der Waals surface area contributed by atoms with Crippen LogP contribution < -0.4 is 4.74 Å². The van der Waals surface area contributed by atoms with Crippen LogP contribution in [0.1, 0.15) is 71.1 Å². The Bertz CT molecular complexity index is 777. The number of ether oxygens (including phenoxy) is 2. The number of hydrogen-bond donors (Lipinski definition) is 0. The molecule has 0 atom stereocenters. The first kappa shape index (κ1) is 23.5. The van der Waals surface area contributed by atoms with E-state index >= 15 is 0 Å². The summed E-state index contributed by atoms with van der Waals surface area (Å²) < 4.78 is 24.7. The van der Waals surface area contributed by atoms with Crippen molar-refractivity contribution in [3.8, 4) is 16.9 Å². The number of rotatable bonds is 11. The van der Waals surface area contributed by atoms with E-state index in [1.54, 1.807) is 24.3 Å². The SMILES string of the molecule is CCCCCCCCO[C@H]1CC[C@H](C(=O)Oc2ccc(-c3ccc(F)cc3)cc2)CC1. The minimum Gasteiger partial charge on any atom is -0.426 e. The highest BCUT2D eigenvalue weighted by molar-refractivity contribution is 5.75. The van der Waals surface area contributed by atoms with Crippen LogP contribution in [0.3, 0.4) is 0 Å². The summed E-state index contributed by atoms with van der Waals surface area (Å²) in [5.74, 6) is 0.101. The average Bonchev–Trinajstić information content (AvgIpc) is 2.80. The molecule has 0 amide bonds. The van der Waals surface area contributed by atoms with Gasteiger partial charge in [-0.1, -0.05) is 63.3 Å². The average molecular weight is 427 g/mol. The fourth-order valence-electron chi connectivity index (χ4n) is 4.15. The molecule has 2 aromatic carbocycles. The van der Waals surface area contributed by atoms with Crippen LogP contribution in [-0.4, -0.2) is 18.7 Å². The predicted octanol–water partition coefficient (Wildman–Crippen LogP) is 7.33. The van der Waals surface area contributed by atoms with Crippen LogP contribution in [0.2, 0.25) is 0 Å². The number of carbonyl (C=O) groups is 1. The predicted molar refractivity (Wildman–Crippen MR) is 123 cm³/mol. The molecule has 4 heteroatoms. The highest BCUT2D eigenvalue weighted by atomic mass is 19.1. The van der Waals surface area contributed by atoms with Crippen LogP contribution in [0.25, 0.3) is 11.1 Å². The lowest BCUT2D eigenvalue weighted by atomic mass is 9.87. The van der Waals surface area contributed by atoms with Crippen molar-refractivity contribution in [2.24, 2.45) is 5.92 Å². The summed E-state index contributed by atoms with van der Waals surface area (Å²) in [5, 5.41) is 0. The molecule has 168 valence electrons. The summed E-state index contributed by atoms with van der Waals surface area (Å²) in [6, 6.07) is 13.7. The quantitative estimate of drug-likeness (QED) is 0.214. The second-order valence-corrected chi connectivity index (χ2v) is 8.56. The van der Waals surface area contributed by atoms with Gasteiger partial charge in [-0.2, -0.15) is 0 Å². The van der Waals surface area contributed by atoms with Crippen molar-refractivity contribution in [3.63, 3.8) is 0 Å². The van der Waals surface area contributed by atoms with Crippen LogP contribution in [0, 0.1) is 11.7 Å². The smallest absolute Gasteiger partial charge is 0.314 e. The highest BCUT2D eigenvalue weighted by Gasteiger charge is 2.28. The molecule has 0 radical (unpaired) electrons. The fourth-order valence-corrected chi connectivity index (χ4v) is 4.15. The zero-order chi connectivity index (χ0) is 21.9. The Hall–Kier alpha value is -2.20. The normalized spacial score (nSPS) is 18.6. The van der Waals surface area contributed by atoms with Gasteiger partial charge in [0, 0.05) is 6.61 Å². The molecule has 0 bridgehead atoms. The zero-order valence-corrected chi connectivity index (χ0v) is 18.7. The Kier molecular flexibility index (Phi) is 9.54. The van der Waals surface area contributed by atoms with Crippen molar-refractivity contribution in [1.29, 1.82) is 0 Å². The minimum absolute atomic E-state index is 0.0503. The maximum Gasteiger partial charge on any atom is 0.314 e. The molecule has 0 unspecified atom stereocenters. The maximum absolute atomic E-state index is 13.1. The topological polar surface area (TPSA) is 35.5 Å². The van der Waals surface area contributed by atoms with E-state index in [0.717, 1.165) is 49.8 Å². The Labute approximate surface area is 186 Å². The van der Waals surface area contributed by atoms with Crippen LogP contribution in [-0.2, 0) is 9.53 Å². The van der Waals surface area contributed by atoms with Crippen molar-refractivity contribution >= 4 is 5.97 Å². The third-order valence-electron chi connectivity index (χ3n) is 6.11. The third kappa shape index (κ3) is 7.77. The summed E-state index contributed by atoms with van der Waals surface area (Å²) in [7, 11) is 0. The number of carbonyl (C=O) groups excluding carboxylic acids is 1. The first-order chi connectivity index (χ1) is 15.2. The van der Waals surface area contributed by atoms with E-state index in [1.165, 1.54) is 44.2 Å². The van der Waals surface area contributed by atoms with E-state index in [2.05, 4.69) is 6.92 Å². The van der Waals surface area contributed by atoms with E-state index in [1.807, 2.05) is 12.1 Å². The molecule has 1 aliphatic carbocycles. The van der Waals surface area contributed by atoms with Gasteiger partial charge in [-0.05, 0) is 67.5 Å². The summed E-state index contributed by atoms with van der Waals surface area (Å²) in [6.07, 6.45) is 11.4. The van der Waals surface area contributed by atoms with Crippen LogP contribution in [0.4, 0.5) is 4.39 Å². The van der Waals surface area contributed by atoms with Crippen LogP contribution in [0.15, 0.2) is 48.5 Å². The lowest BCUT2D eigenvalue weighted by Gasteiger charge is -2.27. The summed E-state index contributed by atoms with van der Waals surface area (Å²) in [4.78, 5) is 12.5. The molecule has 2 aromatic rings. The molecule has 0 saturated heterocycles. The number of benzene rings is 2. The summed E-state index contributed by atoms with van der Waals surface area (Å²) in [5.41, 5.74) is 1.89. The second kappa shape index (κ2) is 12.6. The summed E-state index contributed by atoms with van der Waals surface area (Å²) in [6.45, 7) is 3.08. The van der Waals surface area contributed by atoms with Gasteiger partial charge >= 0.3 is 5.97 Å². The molecule has 0 aromatic heterocycles. The number of hydrogen-bond acceptors (Lipinski definition) is 3. The highest BCUT2D eigenvalue weighted by Crippen LogP contribution is 2.29. The van der Waals surface area contributed by atoms with Gasteiger partial charge in [0.1, 0.15) is 11.6 Å². The third-order valence-corrected chi connectivity index (χ3v) is 6.11. The Morgan fingerprint density at radius 2 is 1.42 bits per heavy atom. The number of halogens is 1. The minimum atomic E-state index is -0.253. The number of esters is 1. The van der Waals surface area contributed by atoms with Gasteiger partial charge in [0.25, 0.3) is 0 Å². The van der Waals surface area contributed by atoms with Crippen LogP contribution in [0.5, 0.6) is 5.75 Å². The molecular formula is C27H35FO3. The van der Waals surface area contributed by atoms with Gasteiger partial charge in [-0.3, -0.25) is 4.79 Å². The maximum atomic E-state index is 13.1. The Balaban J connectivity index is 1.35. The van der Waals surface area contributed by atoms with Crippen molar-refractivity contribution < 1.29 is 18.7 Å². The van der Waals surface area contributed by atoms with Crippen molar-refractivity contribution in [1.82, 2.24) is 0 Å². The molecular weight excluding hydrogens is 391 g/mol. The number of unbranched alkanes of at least 4 members (excludes halogenated alkanes) is 5. The van der Waals surface area contributed by atoms with Crippen molar-refractivity contribution in [2.45, 2.75) is 77.2 Å². The van der Waals surface area contributed by atoms with E-state index in [9.17, 15) is 9.18 Å². The molecule has 1 saturated carbocycles. The van der Waals surface area contributed by atoms with Gasteiger partial charge in [-0.15, -0.1) is 0 Å². The van der Waals surface area contributed by atoms with Gasteiger partial charge in [0.05, 0.1) is 12.0 Å². The molecule has 0 aliphatic heterocycles. The fraction of sp³-hybridized carbons (Fsp3) is 0.519. The monoisotopic (exact) mass is 426 g/mol. The van der Waals surface area contributed by atoms with Gasteiger partial charge in [-0.25, -0.2) is 4.39 Å². The van der Waals surface area contributed by atoms with Crippen LogP contribution >= 0.6 is 0 Å². The van der Waals surface area contributed by atoms with Crippen molar-refractivity contribution in [2.75, 3.05) is 6.61 Å². The Morgan fingerprint density at radius 1 is 0.839 bits per heavy atom. The van der Waals surface area contributed by atoms with E-state index in [4.69, 9.17) is 9.47 Å². The van der Waals surface area contributed by atoms with E-state index in [-0.39, 0.29) is 23.8 Å². The molecule has 1 aliphatic rings. The van der Waals surface area contributed by atoms with E-state index in [0.29, 0.717) is 5.75 Å². The van der Waals surface area contributed by atoms with Gasteiger partial charge < -0.3 is 9.47 Å².